The molecule has 3 atom stereocenters. The molecule has 4 rings (SSSR count). The molecule has 112 valence electrons. The Morgan fingerprint density at radius 2 is 1.95 bits per heavy atom. The number of carbonyl (C=O) groups excluding carboxylic acids is 1. The van der Waals surface area contributed by atoms with Crippen molar-refractivity contribution in [1.29, 1.82) is 0 Å². The fourth-order valence-corrected chi connectivity index (χ4v) is 5.53. The summed E-state index contributed by atoms with van der Waals surface area (Å²) >= 11 is 1.71. The number of benzene rings is 2. The number of aliphatic hydroxyl groups is 1. The second-order valence-corrected chi connectivity index (χ2v) is 7.48. The van der Waals surface area contributed by atoms with Gasteiger partial charge in [0.2, 0.25) is 0 Å². The fraction of sp³-hybridized carbons (Fsp3) is 0.316. The fourth-order valence-electron chi connectivity index (χ4n) is 3.86. The van der Waals surface area contributed by atoms with Crippen LogP contribution in [0.25, 0.3) is 0 Å². The van der Waals surface area contributed by atoms with Crippen molar-refractivity contribution in [2.24, 2.45) is 5.41 Å². The SMILES string of the molecule is Cc1ccc2c(c1)C(=O)[C@]1(C2)[C@H](O)CS[C@H]1c1ccccc1. The molecular formula is C19H18O2S. The van der Waals surface area contributed by atoms with Gasteiger partial charge < -0.3 is 5.11 Å². The van der Waals surface area contributed by atoms with E-state index in [0.717, 1.165) is 22.3 Å². The van der Waals surface area contributed by atoms with E-state index in [-0.39, 0.29) is 11.0 Å². The van der Waals surface area contributed by atoms with Crippen molar-refractivity contribution < 1.29 is 9.90 Å². The summed E-state index contributed by atoms with van der Waals surface area (Å²) in [5, 5.41) is 10.7. The van der Waals surface area contributed by atoms with Gasteiger partial charge in [-0.2, -0.15) is 0 Å². The molecule has 0 amide bonds. The quantitative estimate of drug-likeness (QED) is 0.875. The van der Waals surface area contributed by atoms with Gasteiger partial charge in [0.1, 0.15) is 0 Å². The zero-order valence-electron chi connectivity index (χ0n) is 12.5. The van der Waals surface area contributed by atoms with E-state index in [9.17, 15) is 9.90 Å². The van der Waals surface area contributed by atoms with E-state index in [0.29, 0.717) is 12.2 Å². The van der Waals surface area contributed by atoms with E-state index in [1.54, 1.807) is 11.8 Å². The first-order valence-electron chi connectivity index (χ1n) is 7.62. The van der Waals surface area contributed by atoms with Gasteiger partial charge in [0.05, 0.1) is 11.5 Å². The molecule has 1 spiro atoms. The number of Topliss-reactive ketones (excluding diaryl/α,β-unsaturated/α-hetero) is 1. The average Bonchev–Trinajstić information content (AvgIpc) is 3.01. The van der Waals surface area contributed by atoms with Crippen molar-refractivity contribution in [3.63, 3.8) is 0 Å². The molecule has 0 aromatic heterocycles. The second kappa shape index (κ2) is 4.97. The number of hydrogen-bond acceptors (Lipinski definition) is 3. The molecule has 3 heteroatoms. The van der Waals surface area contributed by atoms with E-state index in [1.165, 1.54) is 0 Å². The van der Waals surface area contributed by atoms with Crippen molar-refractivity contribution in [3.05, 3.63) is 70.8 Å². The van der Waals surface area contributed by atoms with Gasteiger partial charge in [0, 0.05) is 16.6 Å². The standard InChI is InChI=1S/C19H18O2S/c1-12-7-8-14-10-19(17(21)15(14)9-12)16(20)11-22-18(19)13-5-3-2-4-6-13/h2-9,16,18,20H,10-11H2,1H3/t16-,18+,19+/m1/s1. The van der Waals surface area contributed by atoms with E-state index < -0.39 is 11.5 Å². The molecule has 0 bridgehead atoms. The number of ketones is 1. The van der Waals surface area contributed by atoms with E-state index in [1.807, 2.05) is 31.2 Å². The minimum atomic E-state index is -0.692. The van der Waals surface area contributed by atoms with Gasteiger partial charge in [-0.3, -0.25) is 4.79 Å². The van der Waals surface area contributed by atoms with Crippen molar-refractivity contribution in [3.8, 4) is 0 Å². The number of thioether (sulfide) groups is 1. The first kappa shape index (κ1) is 14.0. The molecule has 0 radical (unpaired) electrons. The van der Waals surface area contributed by atoms with Crippen molar-refractivity contribution in [1.82, 2.24) is 0 Å². The van der Waals surface area contributed by atoms with Gasteiger partial charge in [0.25, 0.3) is 0 Å². The van der Waals surface area contributed by atoms with Crippen LogP contribution in [0.15, 0.2) is 48.5 Å². The summed E-state index contributed by atoms with van der Waals surface area (Å²) in [6.07, 6.45) is 0.0674. The lowest BCUT2D eigenvalue weighted by molar-refractivity contribution is 0.0435. The maximum Gasteiger partial charge on any atom is 0.173 e. The van der Waals surface area contributed by atoms with E-state index in [4.69, 9.17) is 0 Å². The Hall–Kier alpha value is -1.58. The Balaban J connectivity index is 1.84. The minimum absolute atomic E-state index is 0.0314. The highest BCUT2D eigenvalue weighted by molar-refractivity contribution is 7.99. The summed E-state index contributed by atoms with van der Waals surface area (Å²) in [6.45, 7) is 2.01. The Labute approximate surface area is 134 Å². The lowest BCUT2D eigenvalue weighted by Gasteiger charge is -2.31. The highest BCUT2D eigenvalue weighted by Crippen LogP contribution is 2.59. The smallest absolute Gasteiger partial charge is 0.173 e. The van der Waals surface area contributed by atoms with Crippen molar-refractivity contribution in [2.45, 2.75) is 24.7 Å². The first-order chi connectivity index (χ1) is 10.6. The van der Waals surface area contributed by atoms with Crippen LogP contribution in [-0.4, -0.2) is 22.7 Å². The van der Waals surface area contributed by atoms with Crippen LogP contribution >= 0.6 is 11.8 Å². The van der Waals surface area contributed by atoms with Gasteiger partial charge in [-0.15, -0.1) is 11.8 Å². The minimum Gasteiger partial charge on any atom is -0.391 e. The van der Waals surface area contributed by atoms with Crippen LogP contribution in [0, 0.1) is 12.3 Å². The van der Waals surface area contributed by atoms with Crippen LogP contribution < -0.4 is 0 Å². The molecule has 0 saturated carbocycles. The van der Waals surface area contributed by atoms with Crippen LogP contribution in [0.2, 0.25) is 0 Å². The number of hydrogen-bond donors (Lipinski definition) is 1. The molecule has 2 aromatic carbocycles. The summed E-state index contributed by atoms with van der Waals surface area (Å²) < 4.78 is 0. The lowest BCUT2D eigenvalue weighted by atomic mass is 9.73. The average molecular weight is 310 g/mol. The number of aryl methyl sites for hydroxylation is 1. The number of carbonyl (C=O) groups is 1. The lowest BCUT2D eigenvalue weighted by Crippen LogP contribution is -2.41. The maximum atomic E-state index is 13.2. The highest BCUT2D eigenvalue weighted by Gasteiger charge is 2.59. The summed E-state index contributed by atoms with van der Waals surface area (Å²) in [5.74, 6) is 0.746. The molecule has 1 aliphatic heterocycles. The van der Waals surface area contributed by atoms with Crippen molar-refractivity contribution >= 4 is 17.5 Å². The maximum absolute atomic E-state index is 13.2. The number of fused-ring (bicyclic) bond motifs is 1. The number of aliphatic hydroxyl groups excluding tert-OH is 1. The molecule has 0 unspecified atom stereocenters. The molecule has 1 heterocycles. The van der Waals surface area contributed by atoms with Crippen LogP contribution in [0.5, 0.6) is 0 Å². The normalized spacial score (nSPS) is 30.0. The predicted octanol–water partition coefficient (Wildman–Crippen LogP) is 3.57. The summed E-state index contributed by atoms with van der Waals surface area (Å²) in [4.78, 5) is 13.2. The van der Waals surface area contributed by atoms with Crippen LogP contribution in [0.4, 0.5) is 0 Å². The molecule has 1 fully saturated rings. The predicted molar refractivity (Wildman–Crippen MR) is 89.3 cm³/mol. The van der Waals surface area contributed by atoms with Gasteiger partial charge in [-0.05, 0) is 30.5 Å². The van der Waals surface area contributed by atoms with Gasteiger partial charge in [0.15, 0.2) is 5.78 Å². The third-order valence-corrected chi connectivity index (χ3v) is 6.54. The van der Waals surface area contributed by atoms with E-state index in [2.05, 4.69) is 24.3 Å². The Morgan fingerprint density at radius 1 is 1.18 bits per heavy atom. The van der Waals surface area contributed by atoms with Crippen molar-refractivity contribution in [2.75, 3.05) is 5.75 Å². The molecule has 22 heavy (non-hydrogen) atoms. The van der Waals surface area contributed by atoms with E-state index >= 15 is 0 Å². The Kier molecular flexibility index (Phi) is 3.17. The molecule has 2 nitrogen and oxygen atoms in total. The molecule has 1 saturated heterocycles. The van der Waals surface area contributed by atoms with Crippen LogP contribution in [0.3, 0.4) is 0 Å². The second-order valence-electron chi connectivity index (χ2n) is 6.35. The van der Waals surface area contributed by atoms with Gasteiger partial charge in [-0.1, -0.05) is 48.0 Å². The van der Waals surface area contributed by atoms with Crippen LogP contribution in [-0.2, 0) is 6.42 Å². The summed E-state index contributed by atoms with van der Waals surface area (Å²) in [7, 11) is 0. The first-order valence-corrected chi connectivity index (χ1v) is 8.67. The zero-order valence-corrected chi connectivity index (χ0v) is 13.3. The summed E-state index contributed by atoms with van der Waals surface area (Å²) in [5.41, 5.74) is 3.44. The monoisotopic (exact) mass is 310 g/mol. The third-order valence-electron chi connectivity index (χ3n) is 5.00. The topological polar surface area (TPSA) is 37.3 Å². The number of rotatable bonds is 1. The third kappa shape index (κ3) is 1.82. The summed E-state index contributed by atoms with van der Waals surface area (Å²) in [6, 6.07) is 16.2. The molecule has 1 N–H and O–H groups in total. The molecule has 2 aromatic rings. The largest absolute Gasteiger partial charge is 0.391 e. The van der Waals surface area contributed by atoms with Gasteiger partial charge >= 0.3 is 0 Å². The van der Waals surface area contributed by atoms with Gasteiger partial charge in [-0.25, -0.2) is 0 Å². The molecule has 1 aliphatic carbocycles. The molecule has 2 aliphatic rings. The molecular weight excluding hydrogens is 292 g/mol. The Morgan fingerprint density at radius 3 is 2.73 bits per heavy atom. The zero-order chi connectivity index (χ0) is 15.3. The van der Waals surface area contributed by atoms with Crippen LogP contribution in [0.1, 0.15) is 32.3 Å². The Bertz CT molecular complexity index is 740. The highest BCUT2D eigenvalue weighted by atomic mass is 32.2.